The lowest BCUT2D eigenvalue weighted by Gasteiger charge is -2.35. The van der Waals surface area contributed by atoms with Crippen molar-refractivity contribution < 1.29 is 24.5 Å². The number of ether oxygens (including phenoxy) is 1. The van der Waals surface area contributed by atoms with Crippen molar-refractivity contribution in [1.82, 2.24) is 9.80 Å². The van der Waals surface area contributed by atoms with Gasteiger partial charge in [-0.15, -0.1) is 0 Å². The third kappa shape index (κ3) is 4.49. The van der Waals surface area contributed by atoms with Crippen LogP contribution in [0.3, 0.4) is 0 Å². The summed E-state index contributed by atoms with van der Waals surface area (Å²) in [6.07, 6.45) is 0.0721. The van der Waals surface area contributed by atoms with Crippen molar-refractivity contribution in [3.05, 3.63) is 35.9 Å². The van der Waals surface area contributed by atoms with Crippen LogP contribution in [0.15, 0.2) is 30.3 Å². The van der Waals surface area contributed by atoms with Crippen LogP contribution in [0.25, 0.3) is 0 Å². The number of amides is 1. The van der Waals surface area contributed by atoms with Crippen molar-refractivity contribution >= 4 is 12.1 Å². The highest BCUT2D eigenvalue weighted by Crippen LogP contribution is 2.31. The molecule has 7 nitrogen and oxygen atoms in total. The number of benzene rings is 1. The Bertz CT molecular complexity index is 594. The summed E-state index contributed by atoms with van der Waals surface area (Å²) in [4.78, 5) is 26.9. The maximum atomic E-state index is 12.4. The number of rotatable bonds is 7. The minimum absolute atomic E-state index is 0.0311. The zero-order chi connectivity index (χ0) is 18.4. The molecule has 1 aliphatic rings. The van der Waals surface area contributed by atoms with Gasteiger partial charge in [-0.25, -0.2) is 9.59 Å². The van der Waals surface area contributed by atoms with Crippen LogP contribution in [0.2, 0.25) is 0 Å². The first-order valence-corrected chi connectivity index (χ1v) is 8.58. The number of carboxylic acids is 1. The van der Waals surface area contributed by atoms with E-state index in [0.29, 0.717) is 13.1 Å². The molecule has 2 unspecified atom stereocenters. The first-order valence-electron chi connectivity index (χ1n) is 8.58. The van der Waals surface area contributed by atoms with Crippen molar-refractivity contribution in [3.8, 4) is 0 Å². The van der Waals surface area contributed by atoms with E-state index in [2.05, 4.69) is 0 Å². The number of likely N-dealkylation sites (N-methyl/N-ethyl adjacent to an activating group) is 1. The fourth-order valence-corrected chi connectivity index (χ4v) is 3.24. The number of carbonyl (C=O) groups excluding carboxylic acids is 1. The van der Waals surface area contributed by atoms with Crippen LogP contribution >= 0.6 is 0 Å². The minimum Gasteiger partial charge on any atom is -0.480 e. The van der Waals surface area contributed by atoms with Gasteiger partial charge in [-0.1, -0.05) is 44.2 Å². The summed E-state index contributed by atoms with van der Waals surface area (Å²) < 4.78 is 5.25. The van der Waals surface area contributed by atoms with Gasteiger partial charge in [0.1, 0.15) is 18.4 Å². The quantitative estimate of drug-likeness (QED) is 0.730. The van der Waals surface area contributed by atoms with E-state index in [1.807, 2.05) is 49.1 Å². The van der Waals surface area contributed by atoms with Gasteiger partial charge in [-0.05, 0) is 18.5 Å². The normalized spacial score (nSPS) is 23.0. The standard InChI is InChI=1S/C18H26N2O5/c1-3-10-19(4-2)18(24)11-15(16(21)22)20(13-18)17(23)25-12-14-8-6-5-7-9-14/h5-9,15,24H,3-4,10-13H2,1-2H3,(H,21,22). The van der Waals surface area contributed by atoms with Gasteiger partial charge < -0.3 is 14.9 Å². The highest BCUT2D eigenvalue weighted by Gasteiger charge is 2.51. The van der Waals surface area contributed by atoms with Crippen LogP contribution in [-0.4, -0.2) is 63.5 Å². The van der Waals surface area contributed by atoms with Crippen LogP contribution in [0.1, 0.15) is 32.3 Å². The molecule has 1 amide bonds. The van der Waals surface area contributed by atoms with Crippen LogP contribution in [0.4, 0.5) is 4.79 Å². The SMILES string of the molecule is CCCN(CC)C1(O)CC(C(=O)O)N(C(=O)OCc2ccccc2)C1. The first kappa shape index (κ1) is 19.2. The zero-order valence-corrected chi connectivity index (χ0v) is 14.7. The van der Waals surface area contributed by atoms with Gasteiger partial charge in [0.05, 0.1) is 6.54 Å². The molecular formula is C18H26N2O5. The molecule has 0 radical (unpaired) electrons. The Morgan fingerprint density at radius 1 is 1.32 bits per heavy atom. The van der Waals surface area contributed by atoms with Gasteiger partial charge in [0.25, 0.3) is 0 Å². The molecule has 0 aliphatic carbocycles. The van der Waals surface area contributed by atoms with Crippen molar-refractivity contribution in [2.24, 2.45) is 0 Å². The largest absolute Gasteiger partial charge is 0.480 e. The molecule has 0 saturated carbocycles. The summed E-state index contributed by atoms with van der Waals surface area (Å²) in [5.74, 6) is -1.14. The van der Waals surface area contributed by atoms with Crippen LogP contribution in [0.5, 0.6) is 0 Å². The average molecular weight is 350 g/mol. The second-order valence-corrected chi connectivity index (χ2v) is 6.29. The Balaban J connectivity index is 2.09. The van der Waals surface area contributed by atoms with Crippen molar-refractivity contribution in [2.45, 2.75) is 45.1 Å². The number of carbonyl (C=O) groups is 2. The maximum Gasteiger partial charge on any atom is 0.411 e. The highest BCUT2D eigenvalue weighted by molar-refractivity contribution is 5.81. The van der Waals surface area contributed by atoms with Crippen LogP contribution < -0.4 is 0 Å². The molecule has 1 aliphatic heterocycles. The predicted octanol–water partition coefficient (Wildman–Crippen LogP) is 1.90. The predicted molar refractivity (Wildman–Crippen MR) is 91.9 cm³/mol. The molecule has 0 bridgehead atoms. The van der Waals surface area contributed by atoms with E-state index >= 15 is 0 Å². The summed E-state index contributed by atoms with van der Waals surface area (Å²) in [5, 5.41) is 20.4. The lowest BCUT2D eigenvalue weighted by Crippen LogP contribution is -2.51. The van der Waals surface area contributed by atoms with Gasteiger partial charge in [-0.3, -0.25) is 9.80 Å². The van der Waals surface area contributed by atoms with Crippen LogP contribution in [-0.2, 0) is 16.1 Å². The van der Waals surface area contributed by atoms with Crippen molar-refractivity contribution in [3.63, 3.8) is 0 Å². The lowest BCUT2D eigenvalue weighted by atomic mass is 10.1. The molecule has 1 saturated heterocycles. The van der Waals surface area contributed by atoms with Gasteiger partial charge in [-0.2, -0.15) is 0 Å². The molecule has 0 aromatic heterocycles. The minimum atomic E-state index is -1.35. The summed E-state index contributed by atoms with van der Waals surface area (Å²) in [5.41, 5.74) is -0.530. The molecule has 1 aromatic carbocycles. The van der Waals surface area contributed by atoms with E-state index in [0.717, 1.165) is 16.9 Å². The molecule has 2 atom stereocenters. The van der Waals surface area contributed by atoms with E-state index in [1.165, 1.54) is 0 Å². The molecule has 1 aromatic rings. The molecule has 7 heteroatoms. The summed E-state index contributed by atoms with van der Waals surface area (Å²) in [7, 11) is 0. The monoisotopic (exact) mass is 350 g/mol. The van der Waals surface area contributed by atoms with Crippen molar-refractivity contribution in [2.75, 3.05) is 19.6 Å². The first-order chi connectivity index (χ1) is 11.9. The number of carboxylic acid groups (broad SMARTS) is 1. The lowest BCUT2D eigenvalue weighted by molar-refractivity contribution is -0.142. The molecule has 25 heavy (non-hydrogen) atoms. The fourth-order valence-electron chi connectivity index (χ4n) is 3.24. The topological polar surface area (TPSA) is 90.3 Å². The second-order valence-electron chi connectivity index (χ2n) is 6.29. The summed E-state index contributed by atoms with van der Waals surface area (Å²) in [6.45, 7) is 5.08. The zero-order valence-electron chi connectivity index (χ0n) is 14.7. The summed E-state index contributed by atoms with van der Waals surface area (Å²) in [6, 6.07) is 8.08. The highest BCUT2D eigenvalue weighted by atomic mass is 16.6. The third-order valence-electron chi connectivity index (χ3n) is 4.51. The number of hydrogen-bond donors (Lipinski definition) is 2. The molecule has 2 rings (SSSR count). The molecule has 0 spiro atoms. The van der Waals surface area contributed by atoms with E-state index < -0.39 is 23.8 Å². The smallest absolute Gasteiger partial charge is 0.411 e. The number of aliphatic hydroxyl groups is 1. The summed E-state index contributed by atoms with van der Waals surface area (Å²) >= 11 is 0. The van der Waals surface area contributed by atoms with E-state index in [4.69, 9.17) is 4.74 Å². The van der Waals surface area contributed by atoms with Crippen molar-refractivity contribution in [1.29, 1.82) is 0 Å². The fraction of sp³-hybridized carbons (Fsp3) is 0.556. The number of aliphatic carboxylic acids is 1. The number of hydrogen-bond acceptors (Lipinski definition) is 5. The number of likely N-dealkylation sites (tertiary alicyclic amines) is 1. The van der Waals surface area contributed by atoms with E-state index in [1.54, 1.807) is 0 Å². The molecule has 1 fully saturated rings. The molecule has 2 N–H and O–H groups in total. The number of nitrogens with zero attached hydrogens (tertiary/aromatic N) is 2. The maximum absolute atomic E-state index is 12.4. The Labute approximate surface area is 147 Å². The average Bonchev–Trinajstić information content (AvgIpc) is 2.97. The second kappa shape index (κ2) is 8.31. The Morgan fingerprint density at radius 3 is 2.56 bits per heavy atom. The molecule has 1 heterocycles. The van der Waals surface area contributed by atoms with Gasteiger partial charge in [0, 0.05) is 13.0 Å². The van der Waals surface area contributed by atoms with Crippen LogP contribution in [0, 0.1) is 0 Å². The van der Waals surface area contributed by atoms with Gasteiger partial charge in [0.15, 0.2) is 0 Å². The number of β-amino-alcohol motifs (C(OH)–C–C–N with tert-alkyl or cyclic N) is 1. The molecular weight excluding hydrogens is 324 g/mol. The van der Waals surface area contributed by atoms with Gasteiger partial charge >= 0.3 is 12.1 Å². The van der Waals surface area contributed by atoms with E-state index in [-0.39, 0.29) is 19.6 Å². The van der Waals surface area contributed by atoms with E-state index in [9.17, 15) is 19.8 Å². The van der Waals surface area contributed by atoms with Gasteiger partial charge in [0.2, 0.25) is 0 Å². The molecule has 138 valence electrons. The Kier molecular flexibility index (Phi) is 6.39. The third-order valence-corrected chi connectivity index (χ3v) is 4.51. The Hall–Kier alpha value is -2.12. The Morgan fingerprint density at radius 2 is 2.00 bits per heavy atom.